The summed E-state index contributed by atoms with van der Waals surface area (Å²) < 4.78 is 34.4. The molecule has 0 radical (unpaired) electrons. The second-order valence-electron chi connectivity index (χ2n) is 9.15. The zero-order valence-electron chi connectivity index (χ0n) is 19.8. The number of hydrogen-bond acceptors (Lipinski definition) is 5. The molecule has 1 fully saturated rings. The third kappa shape index (κ3) is 6.33. The van der Waals surface area contributed by atoms with Crippen molar-refractivity contribution in [1.29, 1.82) is 0 Å². The molecule has 1 heterocycles. The first-order chi connectivity index (χ1) is 16.2. The second-order valence-corrected chi connectivity index (χ2v) is 10.9. The first-order valence-electron chi connectivity index (χ1n) is 11.6. The van der Waals surface area contributed by atoms with Crippen molar-refractivity contribution in [2.45, 2.75) is 51.8 Å². The van der Waals surface area contributed by atoms with Crippen molar-refractivity contribution in [2.75, 3.05) is 6.61 Å². The maximum Gasteiger partial charge on any atom is 0.216 e. The van der Waals surface area contributed by atoms with Crippen LogP contribution in [-0.4, -0.2) is 31.0 Å². The van der Waals surface area contributed by atoms with E-state index in [1.54, 1.807) is 6.07 Å². The molecule has 2 aromatic carbocycles. The van der Waals surface area contributed by atoms with Gasteiger partial charge in [-0.1, -0.05) is 36.4 Å². The SMILES string of the molecule is CC(=O)c1n[nH]c(Cc2cccc(CS(=O)(=O)NC(C)c3cccc(OCC4CC4)c3)c2)c1C. The number of aromatic amines is 1. The fourth-order valence-electron chi connectivity index (χ4n) is 3.95. The third-order valence-corrected chi connectivity index (χ3v) is 7.50. The van der Waals surface area contributed by atoms with Crippen molar-refractivity contribution in [1.82, 2.24) is 14.9 Å². The van der Waals surface area contributed by atoms with Gasteiger partial charge in [-0.25, -0.2) is 13.1 Å². The number of aromatic nitrogens is 2. The number of H-pyrrole nitrogens is 1. The van der Waals surface area contributed by atoms with Crippen LogP contribution in [-0.2, 0) is 22.2 Å². The summed E-state index contributed by atoms with van der Waals surface area (Å²) in [6.07, 6.45) is 2.98. The van der Waals surface area contributed by atoms with Crippen molar-refractivity contribution in [3.8, 4) is 5.75 Å². The van der Waals surface area contributed by atoms with Crippen LogP contribution in [0.1, 0.15) is 71.2 Å². The van der Waals surface area contributed by atoms with E-state index in [1.807, 2.05) is 56.3 Å². The Kier molecular flexibility index (Phi) is 7.19. The normalized spacial score (nSPS) is 14.7. The highest BCUT2D eigenvalue weighted by Crippen LogP contribution is 2.30. The van der Waals surface area contributed by atoms with Crippen LogP contribution in [0.3, 0.4) is 0 Å². The fourth-order valence-corrected chi connectivity index (χ4v) is 5.33. The molecule has 3 aromatic rings. The number of nitrogens with one attached hydrogen (secondary N) is 2. The van der Waals surface area contributed by atoms with Gasteiger partial charge in [-0.05, 0) is 61.4 Å². The lowest BCUT2D eigenvalue weighted by molar-refractivity contribution is 0.101. The lowest BCUT2D eigenvalue weighted by Gasteiger charge is -2.16. The Labute approximate surface area is 201 Å². The van der Waals surface area contributed by atoms with E-state index in [0.29, 0.717) is 30.2 Å². The molecule has 1 aliphatic rings. The van der Waals surface area contributed by atoms with Gasteiger partial charge in [0.2, 0.25) is 10.0 Å². The number of hydrogen-bond donors (Lipinski definition) is 2. The van der Waals surface area contributed by atoms with Gasteiger partial charge in [0.15, 0.2) is 5.78 Å². The third-order valence-electron chi connectivity index (χ3n) is 6.07. The summed E-state index contributed by atoms with van der Waals surface area (Å²) in [4.78, 5) is 11.7. The predicted octanol–water partition coefficient (Wildman–Crippen LogP) is 4.48. The van der Waals surface area contributed by atoms with Gasteiger partial charge < -0.3 is 4.74 Å². The Morgan fingerprint density at radius 1 is 1.18 bits per heavy atom. The van der Waals surface area contributed by atoms with E-state index in [4.69, 9.17) is 4.74 Å². The van der Waals surface area contributed by atoms with E-state index in [9.17, 15) is 13.2 Å². The lowest BCUT2D eigenvalue weighted by Crippen LogP contribution is -2.28. The van der Waals surface area contributed by atoms with Crippen LogP contribution in [0.2, 0.25) is 0 Å². The number of rotatable bonds is 11. The minimum absolute atomic E-state index is 0.0833. The van der Waals surface area contributed by atoms with Crippen molar-refractivity contribution >= 4 is 15.8 Å². The zero-order chi connectivity index (χ0) is 24.3. The number of ketones is 1. The lowest BCUT2D eigenvalue weighted by atomic mass is 10.0. The molecule has 1 saturated carbocycles. The smallest absolute Gasteiger partial charge is 0.216 e. The second kappa shape index (κ2) is 10.1. The van der Waals surface area contributed by atoms with Crippen LogP contribution in [0, 0.1) is 12.8 Å². The number of Topliss-reactive ketones (excluding diaryl/α,β-unsaturated/α-hetero) is 1. The van der Waals surface area contributed by atoms with Crippen LogP contribution in [0.15, 0.2) is 48.5 Å². The molecule has 1 atom stereocenters. The monoisotopic (exact) mass is 481 g/mol. The molecule has 7 nitrogen and oxygen atoms in total. The summed E-state index contributed by atoms with van der Waals surface area (Å²) in [7, 11) is -3.57. The van der Waals surface area contributed by atoms with Crippen LogP contribution < -0.4 is 9.46 Å². The van der Waals surface area contributed by atoms with Gasteiger partial charge in [-0.15, -0.1) is 0 Å². The summed E-state index contributed by atoms with van der Waals surface area (Å²) in [6, 6.07) is 14.7. The number of sulfonamides is 1. The minimum atomic E-state index is -3.57. The molecule has 0 aliphatic heterocycles. The summed E-state index contributed by atoms with van der Waals surface area (Å²) in [6.45, 7) is 5.90. The molecule has 1 aromatic heterocycles. The number of ether oxygens (including phenoxy) is 1. The van der Waals surface area contributed by atoms with Gasteiger partial charge in [0, 0.05) is 30.6 Å². The van der Waals surface area contributed by atoms with Crippen molar-refractivity contribution in [3.05, 3.63) is 82.2 Å². The topological polar surface area (TPSA) is 101 Å². The predicted molar refractivity (Wildman–Crippen MR) is 131 cm³/mol. The molecule has 0 amide bonds. The van der Waals surface area contributed by atoms with Crippen LogP contribution in [0.4, 0.5) is 0 Å². The first kappa shape index (κ1) is 24.2. The number of benzene rings is 2. The number of carbonyl (C=O) groups excluding carboxylic acids is 1. The Hall–Kier alpha value is -2.97. The molecule has 2 N–H and O–H groups in total. The average Bonchev–Trinajstić information content (AvgIpc) is 3.54. The van der Waals surface area contributed by atoms with Crippen LogP contribution >= 0.6 is 0 Å². The summed E-state index contributed by atoms with van der Waals surface area (Å²) in [5.41, 5.74) is 4.62. The van der Waals surface area contributed by atoms with E-state index in [2.05, 4.69) is 14.9 Å². The molecule has 1 aliphatic carbocycles. The average molecular weight is 482 g/mol. The van der Waals surface area contributed by atoms with Gasteiger partial charge in [0.05, 0.1) is 12.4 Å². The van der Waals surface area contributed by atoms with Crippen molar-refractivity contribution in [3.63, 3.8) is 0 Å². The molecular formula is C26H31N3O4S. The van der Waals surface area contributed by atoms with Gasteiger partial charge in [0.25, 0.3) is 0 Å². The molecule has 0 saturated heterocycles. The fraction of sp³-hybridized carbons (Fsp3) is 0.385. The van der Waals surface area contributed by atoms with Crippen molar-refractivity contribution in [2.24, 2.45) is 5.92 Å². The van der Waals surface area contributed by atoms with E-state index in [-0.39, 0.29) is 17.6 Å². The molecule has 8 heteroatoms. The molecule has 0 spiro atoms. The molecule has 0 bridgehead atoms. The van der Waals surface area contributed by atoms with Crippen LogP contribution in [0.5, 0.6) is 5.75 Å². The van der Waals surface area contributed by atoms with Gasteiger partial charge >= 0.3 is 0 Å². The Bertz CT molecular complexity index is 1280. The molecule has 34 heavy (non-hydrogen) atoms. The van der Waals surface area contributed by atoms with Gasteiger partial charge in [-0.2, -0.15) is 5.10 Å². The standard InChI is InChI=1S/C26H31N3O4S/c1-17-25(27-28-26(17)19(3)30)13-21-6-4-7-22(12-21)16-34(31,32)29-18(2)23-8-5-9-24(14-23)33-15-20-10-11-20/h4-9,12,14,18,20,29H,10-11,13,15-16H2,1-3H3,(H,27,28). The quantitative estimate of drug-likeness (QED) is 0.393. The number of nitrogens with zero attached hydrogens (tertiary/aromatic N) is 1. The zero-order valence-corrected chi connectivity index (χ0v) is 20.6. The van der Waals surface area contributed by atoms with E-state index < -0.39 is 10.0 Å². The maximum absolute atomic E-state index is 12.9. The van der Waals surface area contributed by atoms with E-state index >= 15 is 0 Å². The Morgan fingerprint density at radius 3 is 2.62 bits per heavy atom. The summed E-state index contributed by atoms with van der Waals surface area (Å²) in [5.74, 6) is 1.22. The summed E-state index contributed by atoms with van der Waals surface area (Å²) in [5, 5.41) is 7.02. The highest BCUT2D eigenvalue weighted by atomic mass is 32.2. The highest BCUT2D eigenvalue weighted by molar-refractivity contribution is 7.88. The van der Waals surface area contributed by atoms with E-state index in [1.165, 1.54) is 19.8 Å². The molecular weight excluding hydrogens is 450 g/mol. The Morgan fingerprint density at radius 2 is 1.91 bits per heavy atom. The first-order valence-corrected chi connectivity index (χ1v) is 13.2. The van der Waals surface area contributed by atoms with Gasteiger partial charge in [0.1, 0.15) is 11.4 Å². The van der Waals surface area contributed by atoms with Crippen molar-refractivity contribution < 1.29 is 17.9 Å². The molecule has 1 unspecified atom stereocenters. The maximum atomic E-state index is 12.9. The largest absolute Gasteiger partial charge is 0.493 e. The van der Waals surface area contributed by atoms with E-state index in [0.717, 1.165) is 28.1 Å². The Balaban J connectivity index is 1.40. The molecule has 4 rings (SSSR count). The minimum Gasteiger partial charge on any atom is -0.493 e. The highest BCUT2D eigenvalue weighted by Gasteiger charge is 2.22. The summed E-state index contributed by atoms with van der Waals surface area (Å²) >= 11 is 0. The van der Waals surface area contributed by atoms with Gasteiger partial charge in [-0.3, -0.25) is 9.89 Å². The molecule has 180 valence electrons. The number of carbonyl (C=O) groups is 1. The van der Waals surface area contributed by atoms with Crippen LogP contribution in [0.25, 0.3) is 0 Å².